The highest BCUT2D eigenvalue weighted by Crippen LogP contribution is 2.26. The number of piperidine rings is 1. The molecule has 1 saturated heterocycles. The molecule has 2 aliphatic rings. The van der Waals surface area contributed by atoms with Gasteiger partial charge in [0.25, 0.3) is 0 Å². The number of hydrogen-bond acceptors (Lipinski definition) is 3. The van der Waals surface area contributed by atoms with E-state index in [1.807, 2.05) is 18.2 Å². The Morgan fingerprint density at radius 2 is 2.15 bits per heavy atom. The van der Waals surface area contributed by atoms with Crippen molar-refractivity contribution in [1.29, 1.82) is 0 Å². The summed E-state index contributed by atoms with van der Waals surface area (Å²) in [7, 11) is 0. The second kappa shape index (κ2) is 5.96. The van der Waals surface area contributed by atoms with Crippen LogP contribution in [-0.2, 0) is 6.42 Å². The molecule has 1 fully saturated rings. The quantitative estimate of drug-likeness (QED) is 0.790. The van der Waals surface area contributed by atoms with Crippen LogP contribution in [0.3, 0.4) is 0 Å². The Kier molecular flexibility index (Phi) is 4.06. The predicted molar refractivity (Wildman–Crippen MR) is 79.4 cm³/mol. The van der Waals surface area contributed by atoms with Crippen LogP contribution in [0.1, 0.15) is 42.1 Å². The van der Waals surface area contributed by atoms with Gasteiger partial charge in [-0.1, -0.05) is 13.3 Å². The molecule has 0 bridgehead atoms. The number of ketones is 1. The highest BCUT2D eigenvalue weighted by molar-refractivity contribution is 5.98. The maximum absolute atomic E-state index is 12.4. The van der Waals surface area contributed by atoms with E-state index in [0.717, 1.165) is 43.3 Å². The van der Waals surface area contributed by atoms with Crippen LogP contribution in [0.15, 0.2) is 18.2 Å². The Labute approximate surface area is 120 Å². The summed E-state index contributed by atoms with van der Waals surface area (Å²) < 4.78 is 5.49. The van der Waals surface area contributed by atoms with Crippen molar-refractivity contribution < 1.29 is 9.53 Å². The second-order valence-electron chi connectivity index (χ2n) is 5.97. The van der Waals surface area contributed by atoms with Crippen LogP contribution < -0.4 is 4.74 Å². The first-order valence-corrected chi connectivity index (χ1v) is 7.77. The van der Waals surface area contributed by atoms with Gasteiger partial charge in [-0.3, -0.25) is 9.69 Å². The number of hydrogen-bond donors (Lipinski definition) is 0. The number of carbonyl (C=O) groups is 1. The van der Waals surface area contributed by atoms with Gasteiger partial charge in [0.15, 0.2) is 5.78 Å². The van der Waals surface area contributed by atoms with Crippen molar-refractivity contribution in [3.05, 3.63) is 29.3 Å². The third kappa shape index (κ3) is 2.88. The maximum atomic E-state index is 12.4. The van der Waals surface area contributed by atoms with Crippen molar-refractivity contribution in [2.45, 2.75) is 32.6 Å². The summed E-state index contributed by atoms with van der Waals surface area (Å²) in [6.07, 6.45) is 4.68. The second-order valence-corrected chi connectivity index (χ2v) is 5.97. The highest BCUT2D eigenvalue weighted by atomic mass is 16.5. The molecule has 0 atom stereocenters. The van der Waals surface area contributed by atoms with E-state index in [4.69, 9.17) is 4.74 Å². The van der Waals surface area contributed by atoms with Gasteiger partial charge in [0.05, 0.1) is 13.2 Å². The minimum atomic E-state index is 0.245. The molecule has 0 spiro atoms. The van der Waals surface area contributed by atoms with Crippen LogP contribution in [0.5, 0.6) is 5.75 Å². The molecule has 0 saturated carbocycles. The molecule has 0 aromatic heterocycles. The largest absolute Gasteiger partial charge is 0.493 e. The number of Topliss-reactive ketones (excluding diaryl/α,β-unsaturated/α-hetero) is 1. The lowest BCUT2D eigenvalue weighted by Gasteiger charge is -2.30. The predicted octanol–water partition coefficient (Wildman–Crippen LogP) is 2.93. The average Bonchev–Trinajstić information content (AvgIpc) is 2.95. The SMILES string of the molecule is CCC1CCN(CC(=O)c2ccc3c(c2)CCO3)CC1. The molecule has 1 aromatic rings. The zero-order valence-electron chi connectivity index (χ0n) is 12.2. The summed E-state index contributed by atoms with van der Waals surface area (Å²) in [5.41, 5.74) is 2.02. The van der Waals surface area contributed by atoms with Gasteiger partial charge in [0.2, 0.25) is 0 Å². The molecule has 3 heteroatoms. The van der Waals surface area contributed by atoms with Gasteiger partial charge in [-0.25, -0.2) is 0 Å². The lowest BCUT2D eigenvalue weighted by molar-refractivity contribution is 0.0894. The first kappa shape index (κ1) is 13.6. The van der Waals surface area contributed by atoms with Gasteiger partial charge in [-0.2, -0.15) is 0 Å². The summed E-state index contributed by atoms with van der Waals surface area (Å²) >= 11 is 0. The summed E-state index contributed by atoms with van der Waals surface area (Å²) in [4.78, 5) is 14.7. The topological polar surface area (TPSA) is 29.5 Å². The summed E-state index contributed by atoms with van der Waals surface area (Å²) in [6.45, 7) is 5.71. The standard InChI is InChI=1S/C17H23NO2/c1-2-13-5-8-18(9-6-13)12-16(19)14-3-4-17-15(11-14)7-10-20-17/h3-4,11,13H,2,5-10,12H2,1H3. The fourth-order valence-electron chi connectivity index (χ4n) is 3.21. The molecule has 2 aliphatic heterocycles. The Bertz CT molecular complexity index is 490. The van der Waals surface area contributed by atoms with Crippen LogP contribution in [0.25, 0.3) is 0 Å². The summed E-state index contributed by atoms with van der Waals surface area (Å²) in [5, 5.41) is 0. The number of fused-ring (bicyclic) bond motifs is 1. The molecular formula is C17H23NO2. The van der Waals surface area contributed by atoms with Crippen LogP contribution in [-0.4, -0.2) is 36.9 Å². The van der Waals surface area contributed by atoms with E-state index >= 15 is 0 Å². The van der Waals surface area contributed by atoms with Gasteiger partial charge >= 0.3 is 0 Å². The normalized spacial score (nSPS) is 19.6. The number of ether oxygens (including phenoxy) is 1. The van der Waals surface area contributed by atoms with Gasteiger partial charge in [0.1, 0.15) is 5.75 Å². The molecular weight excluding hydrogens is 250 g/mol. The van der Waals surface area contributed by atoms with E-state index in [9.17, 15) is 4.79 Å². The first-order chi connectivity index (χ1) is 9.76. The molecule has 108 valence electrons. The molecule has 0 unspecified atom stereocenters. The highest BCUT2D eigenvalue weighted by Gasteiger charge is 2.21. The molecule has 2 heterocycles. The van der Waals surface area contributed by atoms with Crippen molar-refractivity contribution in [1.82, 2.24) is 4.90 Å². The van der Waals surface area contributed by atoms with Crippen LogP contribution in [0, 0.1) is 5.92 Å². The van der Waals surface area contributed by atoms with Gasteiger partial charge < -0.3 is 4.74 Å². The molecule has 0 radical (unpaired) electrons. The molecule has 1 aromatic carbocycles. The van der Waals surface area contributed by atoms with Crippen molar-refractivity contribution in [2.75, 3.05) is 26.2 Å². The van der Waals surface area contributed by atoms with E-state index in [2.05, 4.69) is 11.8 Å². The first-order valence-electron chi connectivity index (χ1n) is 7.77. The number of nitrogens with zero attached hydrogens (tertiary/aromatic N) is 1. The number of benzene rings is 1. The summed E-state index contributed by atoms with van der Waals surface area (Å²) in [6, 6.07) is 5.87. The van der Waals surface area contributed by atoms with Gasteiger partial charge in [-0.15, -0.1) is 0 Å². The van der Waals surface area contributed by atoms with Crippen LogP contribution in [0.4, 0.5) is 0 Å². The van der Waals surface area contributed by atoms with E-state index < -0.39 is 0 Å². The zero-order valence-corrected chi connectivity index (χ0v) is 12.2. The van der Waals surface area contributed by atoms with Crippen molar-refractivity contribution in [3.8, 4) is 5.75 Å². The van der Waals surface area contributed by atoms with E-state index in [1.165, 1.54) is 24.8 Å². The number of likely N-dealkylation sites (tertiary alicyclic amines) is 1. The maximum Gasteiger partial charge on any atom is 0.176 e. The van der Waals surface area contributed by atoms with Crippen molar-refractivity contribution in [3.63, 3.8) is 0 Å². The molecule has 20 heavy (non-hydrogen) atoms. The minimum Gasteiger partial charge on any atom is -0.493 e. The fraction of sp³-hybridized carbons (Fsp3) is 0.588. The Balaban J connectivity index is 1.59. The van der Waals surface area contributed by atoms with E-state index in [0.29, 0.717) is 6.54 Å². The van der Waals surface area contributed by atoms with E-state index in [-0.39, 0.29) is 5.78 Å². The molecule has 3 rings (SSSR count). The smallest absolute Gasteiger partial charge is 0.176 e. The fourth-order valence-corrected chi connectivity index (χ4v) is 3.21. The van der Waals surface area contributed by atoms with Crippen molar-refractivity contribution in [2.24, 2.45) is 5.92 Å². The zero-order chi connectivity index (χ0) is 13.9. The number of rotatable bonds is 4. The minimum absolute atomic E-state index is 0.245. The lowest BCUT2D eigenvalue weighted by atomic mass is 9.94. The van der Waals surface area contributed by atoms with Gasteiger partial charge in [0, 0.05) is 12.0 Å². The molecule has 3 nitrogen and oxygen atoms in total. The molecule has 0 amide bonds. The molecule has 0 N–H and O–H groups in total. The Morgan fingerprint density at radius 3 is 2.90 bits per heavy atom. The average molecular weight is 273 g/mol. The van der Waals surface area contributed by atoms with Crippen molar-refractivity contribution >= 4 is 5.78 Å². The monoisotopic (exact) mass is 273 g/mol. The van der Waals surface area contributed by atoms with Gasteiger partial charge in [-0.05, 0) is 55.6 Å². The summed E-state index contributed by atoms with van der Waals surface area (Å²) in [5.74, 6) is 2.05. The third-order valence-corrected chi connectivity index (χ3v) is 4.66. The third-order valence-electron chi connectivity index (χ3n) is 4.66. The van der Waals surface area contributed by atoms with Crippen LogP contribution in [0.2, 0.25) is 0 Å². The Hall–Kier alpha value is -1.35. The van der Waals surface area contributed by atoms with Crippen LogP contribution >= 0.6 is 0 Å². The lowest BCUT2D eigenvalue weighted by Crippen LogP contribution is -2.37. The number of carbonyl (C=O) groups excluding carboxylic acids is 1. The Morgan fingerprint density at radius 1 is 1.35 bits per heavy atom. The van der Waals surface area contributed by atoms with E-state index in [1.54, 1.807) is 0 Å². The molecule has 0 aliphatic carbocycles.